The second kappa shape index (κ2) is 9.75. The van der Waals surface area contributed by atoms with Crippen molar-refractivity contribution in [3.63, 3.8) is 0 Å². The van der Waals surface area contributed by atoms with Gasteiger partial charge in [0, 0.05) is 6.42 Å². The van der Waals surface area contributed by atoms with Crippen LogP contribution in [-0.4, -0.2) is 5.78 Å². The number of rotatable bonds is 7. The molecule has 0 fully saturated rings. The predicted molar refractivity (Wildman–Crippen MR) is 119 cm³/mol. The van der Waals surface area contributed by atoms with E-state index in [-0.39, 0.29) is 11.7 Å². The monoisotopic (exact) mass is 382 g/mol. The highest BCUT2D eigenvalue weighted by atomic mass is 16.5. The van der Waals surface area contributed by atoms with E-state index in [1.807, 2.05) is 24.3 Å². The summed E-state index contributed by atoms with van der Waals surface area (Å²) < 4.78 is 5.97. The van der Waals surface area contributed by atoms with Crippen LogP contribution < -0.4 is 4.74 Å². The average molecular weight is 383 g/mol. The van der Waals surface area contributed by atoms with Gasteiger partial charge in [-0.05, 0) is 61.2 Å². The van der Waals surface area contributed by atoms with Gasteiger partial charge in [-0.25, -0.2) is 0 Å². The minimum absolute atomic E-state index is 0.0576. The van der Waals surface area contributed by atoms with Gasteiger partial charge in [0.25, 0.3) is 0 Å². The van der Waals surface area contributed by atoms with Gasteiger partial charge in [0.05, 0.1) is 5.92 Å². The Bertz CT molecular complexity index is 1020. The molecule has 3 aromatic rings. The molecule has 0 spiro atoms. The lowest BCUT2D eigenvalue weighted by Crippen LogP contribution is -2.02. The van der Waals surface area contributed by atoms with E-state index in [4.69, 9.17) is 4.74 Å². The first kappa shape index (κ1) is 20.4. The smallest absolute Gasteiger partial charge is 0.131 e. The summed E-state index contributed by atoms with van der Waals surface area (Å²) >= 11 is 0. The Morgan fingerprint density at radius 3 is 2.34 bits per heavy atom. The summed E-state index contributed by atoms with van der Waals surface area (Å²) in [6, 6.07) is 24.9. The summed E-state index contributed by atoms with van der Waals surface area (Å²) in [6.07, 6.45) is 0.437. The van der Waals surface area contributed by atoms with E-state index in [2.05, 4.69) is 67.3 Å². The molecular weight excluding hydrogens is 356 g/mol. The lowest BCUT2D eigenvalue weighted by atomic mass is 9.94. The molecule has 0 aliphatic carbocycles. The van der Waals surface area contributed by atoms with Gasteiger partial charge in [-0.2, -0.15) is 0 Å². The van der Waals surface area contributed by atoms with Crippen molar-refractivity contribution in [2.24, 2.45) is 0 Å². The van der Waals surface area contributed by atoms with E-state index >= 15 is 0 Å². The predicted octanol–water partition coefficient (Wildman–Crippen LogP) is 6.33. The van der Waals surface area contributed by atoms with E-state index in [0.29, 0.717) is 13.0 Å². The van der Waals surface area contributed by atoms with E-state index in [0.717, 1.165) is 16.9 Å². The first-order valence-electron chi connectivity index (χ1n) is 9.85. The molecule has 3 aromatic carbocycles. The molecule has 0 amide bonds. The minimum Gasteiger partial charge on any atom is -0.489 e. The second-order valence-electron chi connectivity index (χ2n) is 7.28. The first-order valence-corrected chi connectivity index (χ1v) is 9.85. The minimum atomic E-state index is -0.0576. The molecule has 0 aliphatic heterocycles. The highest BCUT2D eigenvalue weighted by Gasteiger charge is 2.11. The molecular formula is C27H26O2. The number of ketones is 1. The van der Waals surface area contributed by atoms with Gasteiger partial charge in [-0.1, -0.05) is 66.1 Å². The van der Waals surface area contributed by atoms with Crippen molar-refractivity contribution in [3.05, 3.63) is 89.5 Å². The number of ether oxygens (including phenoxy) is 1. The molecule has 0 unspecified atom stereocenters. The molecule has 0 saturated carbocycles. The fraction of sp³-hybridized carbons (Fsp3) is 0.222. The van der Waals surface area contributed by atoms with E-state index in [1.165, 1.54) is 16.7 Å². The number of Topliss-reactive ketones (excluding diaryl/α,β-unsaturated/α-hetero) is 1. The van der Waals surface area contributed by atoms with E-state index in [1.54, 1.807) is 13.8 Å². The first-order chi connectivity index (χ1) is 14.0. The van der Waals surface area contributed by atoms with E-state index < -0.39 is 0 Å². The molecule has 0 bridgehead atoms. The van der Waals surface area contributed by atoms with Crippen LogP contribution in [0.1, 0.15) is 42.9 Å². The van der Waals surface area contributed by atoms with Crippen LogP contribution in [0, 0.1) is 18.8 Å². The third kappa shape index (κ3) is 5.83. The van der Waals surface area contributed by atoms with Gasteiger partial charge in [0.1, 0.15) is 18.1 Å². The van der Waals surface area contributed by atoms with Gasteiger partial charge >= 0.3 is 0 Å². The highest BCUT2D eigenvalue weighted by molar-refractivity contribution is 5.77. The van der Waals surface area contributed by atoms with Gasteiger partial charge in [0.15, 0.2) is 0 Å². The SMILES string of the molecule is CC#C[C@@H](CC(C)=O)c1ccc(OCc2cccc(-c3ccc(C)cc3)c2)cc1. The van der Waals surface area contributed by atoms with Crippen LogP contribution in [0.25, 0.3) is 11.1 Å². The Kier molecular flexibility index (Phi) is 6.87. The summed E-state index contributed by atoms with van der Waals surface area (Å²) in [7, 11) is 0. The van der Waals surface area contributed by atoms with E-state index in [9.17, 15) is 4.79 Å². The largest absolute Gasteiger partial charge is 0.489 e. The molecule has 0 aromatic heterocycles. The Balaban J connectivity index is 1.67. The number of hydrogen-bond donors (Lipinski definition) is 0. The van der Waals surface area contributed by atoms with Crippen molar-refractivity contribution in [1.82, 2.24) is 0 Å². The standard InChI is InChI=1S/C27H26O2/c1-4-6-25(17-21(3)28)24-13-15-27(16-14-24)29-19-22-7-5-8-26(18-22)23-11-9-20(2)10-12-23/h5,7-16,18,25H,17,19H2,1-3H3/t25-/m0/s1. The Labute approximate surface area is 173 Å². The Hall–Kier alpha value is -3.31. The molecule has 146 valence electrons. The van der Waals surface area contributed by atoms with Crippen LogP contribution in [0.4, 0.5) is 0 Å². The molecule has 1 atom stereocenters. The average Bonchev–Trinajstić information content (AvgIpc) is 2.73. The summed E-state index contributed by atoms with van der Waals surface area (Å²) in [5.74, 6) is 6.94. The lowest BCUT2D eigenvalue weighted by Gasteiger charge is -2.12. The fourth-order valence-electron chi connectivity index (χ4n) is 3.26. The van der Waals surface area contributed by atoms with Gasteiger partial charge in [-0.3, -0.25) is 4.79 Å². The topological polar surface area (TPSA) is 26.3 Å². The molecule has 2 nitrogen and oxygen atoms in total. The van der Waals surface area contributed by atoms with Crippen molar-refractivity contribution in [2.45, 2.75) is 39.7 Å². The van der Waals surface area contributed by atoms with Crippen LogP contribution in [0.5, 0.6) is 5.75 Å². The maximum Gasteiger partial charge on any atom is 0.131 e. The summed E-state index contributed by atoms with van der Waals surface area (Å²) in [5.41, 5.74) is 5.82. The van der Waals surface area contributed by atoms with Gasteiger partial charge < -0.3 is 4.74 Å². The zero-order valence-electron chi connectivity index (χ0n) is 17.2. The maximum absolute atomic E-state index is 11.5. The quantitative estimate of drug-likeness (QED) is 0.447. The fourth-order valence-corrected chi connectivity index (χ4v) is 3.26. The van der Waals surface area contributed by atoms with Crippen LogP contribution in [0.15, 0.2) is 72.8 Å². The maximum atomic E-state index is 11.5. The van der Waals surface area contributed by atoms with Gasteiger partial charge in [0.2, 0.25) is 0 Å². The molecule has 2 heteroatoms. The molecule has 0 saturated heterocycles. The molecule has 0 N–H and O–H groups in total. The van der Waals surface area contributed by atoms with Crippen LogP contribution in [-0.2, 0) is 11.4 Å². The third-order valence-corrected chi connectivity index (χ3v) is 4.81. The molecule has 0 heterocycles. The van der Waals surface area contributed by atoms with Crippen molar-refractivity contribution in [1.29, 1.82) is 0 Å². The van der Waals surface area contributed by atoms with Crippen LogP contribution >= 0.6 is 0 Å². The zero-order valence-corrected chi connectivity index (χ0v) is 17.2. The molecule has 3 rings (SSSR count). The van der Waals surface area contributed by atoms with Crippen LogP contribution in [0.3, 0.4) is 0 Å². The second-order valence-corrected chi connectivity index (χ2v) is 7.28. The number of hydrogen-bond acceptors (Lipinski definition) is 2. The summed E-state index contributed by atoms with van der Waals surface area (Å²) in [6.45, 7) is 6.00. The number of benzene rings is 3. The zero-order chi connectivity index (χ0) is 20.6. The van der Waals surface area contributed by atoms with Crippen molar-refractivity contribution >= 4 is 5.78 Å². The lowest BCUT2D eigenvalue weighted by molar-refractivity contribution is -0.117. The molecule has 0 radical (unpaired) electrons. The Morgan fingerprint density at radius 1 is 0.966 bits per heavy atom. The number of aryl methyl sites for hydroxylation is 1. The third-order valence-electron chi connectivity index (χ3n) is 4.81. The van der Waals surface area contributed by atoms with Crippen LogP contribution in [0.2, 0.25) is 0 Å². The highest BCUT2D eigenvalue weighted by Crippen LogP contribution is 2.24. The summed E-state index contributed by atoms with van der Waals surface area (Å²) in [4.78, 5) is 11.5. The number of carbonyl (C=O) groups excluding carboxylic acids is 1. The molecule has 0 aliphatic rings. The van der Waals surface area contributed by atoms with Gasteiger partial charge in [-0.15, -0.1) is 5.92 Å². The summed E-state index contributed by atoms with van der Waals surface area (Å²) in [5, 5.41) is 0. The van der Waals surface area contributed by atoms with Crippen molar-refractivity contribution in [3.8, 4) is 28.7 Å². The van der Waals surface area contributed by atoms with Crippen molar-refractivity contribution < 1.29 is 9.53 Å². The normalized spacial score (nSPS) is 11.3. The molecule has 29 heavy (non-hydrogen) atoms. The van der Waals surface area contributed by atoms with Crippen molar-refractivity contribution in [2.75, 3.05) is 0 Å². The Morgan fingerprint density at radius 2 is 1.69 bits per heavy atom. The number of carbonyl (C=O) groups is 1.